The Balaban J connectivity index is 2.35. The van der Waals surface area contributed by atoms with Crippen LogP contribution in [0.3, 0.4) is 0 Å². The minimum absolute atomic E-state index is 0.182. The fraction of sp³-hybridized carbons (Fsp3) is 0.308. The van der Waals surface area contributed by atoms with E-state index in [1.807, 2.05) is 48.9 Å². The number of nitrogens with one attached hydrogen (secondary N) is 1. The lowest BCUT2D eigenvalue weighted by Crippen LogP contribution is -2.43. The van der Waals surface area contributed by atoms with Crippen molar-refractivity contribution in [2.24, 2.45) is 11.3 Å². The van der Waals surface area contributed by atoms with E-state index in [9.17, 15) is 4.79 Å². The lowest BCUT2D eigenvalue weighted by molar-refractivity contribution is -0.130. The summed E-state index contributed by atoms with van der Waals surface area (Å²) in [6, 6.07) is 7.69. The Morgan fingerprint density at radius 2 is 2.17 bits per heavy atom. The van der Waals surface area contributed by atoms with Gasteiger partial charge in [0, 0.05) is 28.7 Å². The second kappa shape index (κ2) is 4.63. The van der Waals surface area contributed by atoms with Crippen LogP contribution in [0.1, 0.15) is 13.8 Å². The Hall–Kier alpha value is -1.52. The number of benzene rings is 1. The Morgan fingerprint density at radius 1 is 1.44 bits per heavy atom. The monoisotopic (exact) mass is 265 g/mol. The lowest BCUT2D eigenvalue weighted by Gasteiger charge is -2.23. The maximum atomic E-state index is 11.7. The molecule has 0 atom stereocenters. The van der Waals surface area contributed by atoms with E-state index in [1.165, 1.54) is 0 Å². The van der Waals surface area contributed by atoms with Crippen LogP contribution in [-0.4, -0.2) is 10.5 Å². The summed E-state index contributed by atoms with van der Waals surface area (Å²) in [5.74, 6) is 5.01. The standard InChI is InChI=1S/C13H16ClN3O/c1-13(2,12(18)16-15)8-17-6-5-9-7-10(14)3-4-11(9)17/h3-7H,8,15H2,1-2H3,(H,16,18). The van der Waals surface area contributed by atoms with E-state index >= 15 is 0 Å². The molecule has 1 aromatic carbocycles. The minimum atomic E-state index is -0.569. The number of hydrazine groups is 1. The van der Waals surface area contributed by atoms with Gasteiger partial charge in [0.05, 0.1) is 5.41 Å². The topological polar surface area (TPSA) is 60.0 Å². The van der Waals surface area contributed by atoms with Gasteiger partial charge in [0.25, 0.3) is 0 Å². The second-order valence-corrected chi connectivity index (χ2v) is 5.44. The molecule has 0 radical (unpaired) electrons. The van der Waals surface area contributed by atoms with Crippen molar-refractivity contribution < 1.29 is 4.79 Å². The van der Waals surface area contributed by atoms with Crippen LogP contribution in [0.5, 0.6) is 0 Å². The molecule has 0 fully saturated rings. The fourth-order valence-electron chi connectivity index (χ4n) is 2.00. The number of amides is 1. The van der Waals surface area contributed by atoms with Crippen LogP contribution in [0.4, 0.5) is 0 Å². The highest BCUT2D eigenvalue weighted by Gasteiger charge is 2.27. The zero-order valence-corrected chi connectivity index (χ0v) is 11.2. The normalized spacial score (nSPS) is 11.8. The maximum absolute atomic E-state index is 11.7. The molecule has 5 heteroatoms. The molecule has 0 unspecified atom stereocenters. The summed E-state index contributed by atoms with van der Waals surface area (Å²) >= 11 is 5.94. The quantitative estimate of drug-likeness (QED) is 0.508. The van der Waals surface area contributed by atoms with E-state index < -0.39 is 5.41 Å². The number of carbonyl (C=O) groups is 1. The van der Waals surface area contributed by atoms with Crippen molar-refractivity contribution in [3.8, 4) is 0 Å². The van der Waals surface area contributed by atoms with E-state index in [0.717, 1.165) is 10.9 Å². The van der Waals surface area contributed by atoms with Crippen LogP contribution in [0.2, 0.25) is 5.02 Å². The Labute approximate surface area is 111 Å². The molecule has 0 aliphatic rings. The molecule has 2 rings (SSSR count). The molecular formula is C13H16ClN3O. The zero-order chi connectivity index (χ0) is 13.3. The predicted octanol–water partition coefficient (Wildman–Crippen LogP) is 2.31. The summed E-state index contributed by atoms with van der Waals surface area (Å²) in [5, 5.41) is 1.77. The van der Waals surface area contributed by atoms with E-state index in [2.05, 4.69) is 5.43 Å². The molecule has 1 heterocycles. The first-order chi connectivity index (χ1) is 8.44. The molecule has 96 valence electrons. The third kappa shape index (κ3) is 2.35. The average Bonchev–Trinajstić information content (AvgIpc) is 2.69. The molecule has 2 aromatic rings. The summed E-state index contributed by atoms with van der Waals surface area (Å²) in [7, 11) is 0. The molecule has 0 saturated heterocycles. The number of carbonyl (C=O) groups excluding carboxylic acids is 1. The number of hydrogen-bond donors (Lipinski definition) is 2. The molecular weight excluding hydrogens is 250 g/mol. The molecule has 18 heavy (non-hydrogen) atoms. The molecule has 1 aromatic heterocycles. The SMILES string of the molecule is CC(C)(Cn1ccc2cc(Cl)ccc21)C(=O)NN. The van der Waals surface area contributed by atoms with Gasteiger partial charge in [-0.15, -0.1) is 0 Å². The van der Waals surface area contributed by atoms with Crippen molar-refractivity contribution in [1.29, 1.82) is 0 Å². The molecule has 0 spiro atoms. The third-order valence-corrected chi connectivity index (χ3v) is 3.28. The number of fused-ring (bicyclic) bond motifs is 1. The maximum Gasteiger partial charge on any atom is 0.241 e. The minimum Gasteiger partial charge on any atom is -0.346 e. The van der Waals surface area contributed by atoms with Crippen molar-refractivity contribution >= 4 is 28.4 Å². The van der Waals surface area contributed by atoms with Crippen molar-refractivity contribution in [2.75, 3.05) is 0 Å². The number of nitrogens with two attached hydrogens (primary N) is 1. The summed E-state index contributed by atoms with van der Waals surface area (Å²) in [5.41, 5.74) is 2.69. The van der Waals surface area contributed by atoms with E-state index in [-0.39, 0.29) is 5.91 Å². The summed E-state index contributed by atoms with van der Waals surface area (Å²) in [4.78, 5) is 11.7. The largest absolute Gasteiger partial charge is 0.346 e. The smallest absolute Gasteiger partial charge is 0.241 e. The Kier molecular flexibility index (Phi) is 3.32. The van der Waals surface area contributed by atoms with Gasteiger partial charge in [0.1, 0.15) is 0 Å². The van der Waals surface area contributed by atoms with Crippen LogP contribution >= 0.6 is 11.6 Å². The predicted molar refractivity (Wildman–Crippen MR) is 73.1 cm³/mol. The first kappa shape index (κ1) is 12.9. The van der Waals surface area contributed by atoms with Gasteiger partial charge in [0.2, 0.25) is 5.91 Å². The fourth-order valence-corrected chi connectivity index (χ4v) is 2.18. The molecule has 1 amide bonds. The van der Waals surface area contributed by atoms with Crippen LogP contribution in [0, 0.1) is 5.41 Å². The van der Waals surface area contributed by atoms with Gasteiger partial charge in [-0.2, -0.15) is 0 Å². The zero-order valence-electron chi connectivity index (χ0n) is 10.4. The first-order valence-electron chi connectivity index (χ1n) is 5.69. The lowest BCUT2D eigenvalue weighted by atomic mass is 9.92. The van der Waals surface area contributed by atoms with Gasteiger partial charge in [0.15, 0.2) is 0 Å². The van der Waals surface area contributed by atoms with Gasteiger partial charge >= 0.3 is 0 Å². The van der Waals surface area contributed by atoms with Gasteiger partial charge in [-0.25, -0.2) is 5.84 Å². The third-order valence-electron chi connectivity index (χ3n) is 3.04. The average molecular weight is 266 g/mol. The van der Waals surface area contributed by atoms with Crippen LogP contribution < -0.4 is 11.3 Å². The van der Waals surface area contributed by atoms with Crippen molar-refractivity contribution in [1.82, 2.24) is 9.99 Å². The number of aromatic nitrogens is 1. The number of rotatable bonds is 3. The van der Waals surface area contributed by atoms with Gasteiger partial charge in [-0.3, -0.25) is 10.2 Å². The number of halogens is 1. The van der Waals surface area contributed by atoms with Crippen molar-refractivity contribution in [2.45, 2.75) is 20.4 Å². The highest BCUT2D eigenvalue weighted by atomic mass is 35.5. The summed E-state index contributed by atoms with van der Waals surface area (Å²) in [6.45, 7) is 4.27. The highest BCUT2D eigenvalue weighted by molar-refractivity contribution is 6.31. The van der Waals surface area contributed by atoms with Gasteiger partial charge in [-0.1, -0.05) is 11.6 Å². The Morgan fingerprint density at radius 3 is 2.83 bits per heavy atom. The molecule has 0 bridgehead atoms. The van der Waals surface area contributed by atoms with Crippen LogP contribution in [0.25, 0.3) is 10.9 Å². The summed E-state index contributed by atoms with van der Waals surface area (Å²) < 4.78 is 2.03. The first-order valence-corrected chi connectivity index (χ1v) is 6.07. The van der Waals surface area contributed by atoms with Crippen molar-refractivity contribution in [3.05, 3.63) is 35.5 Å². The van der Waals surface area contributed by atoms with E-state index in [1.54, 1.807) is 0 Å². The van der Waals surface area contributed by atoms with Crippen LogP contribution in [-0.2, 0) is 11.3 Å². The van der Waals surface area contributed by atoms with Crippen LogP contribution in [0.15, 0.2) is 30.5 Å². The van der Waals surface area contributed by atoms with Gasteiger partial charge in [-0.05, 0) is 38.1 Å². The van der Waals surface area contributed by atoms with E-state index in [0.29, 0.717) is 11.6 Å². The molecule has 0 aliphatic carbocycles. The molecule has 0 aliphatic heterocycles. The highest BCUT2D eigenvalue weighted by Crippen LogP contribution is 2.25. The van der Waals surface area contributed by atoms with Gasteiger partial charge < -0.3 is 4.57 Å². The van der Waals surface area contributed by atoms with Crippen molar-refractivity contribution in [3.63, 3.8) is 0 Å². The Bertz CT molecular complexity index is 589. The molecule has 0 saturated carbocycles. The summed E-state index contributed by atoms with van der Waals surface area (Å²) in [6.07, 6.45) is 1.95. The number of nitrogens with zero attached hydrogens (tertiary/aromatic N) is 1. The number of hydrogen-bond acceptors (Lipinski definition) is 2. The van der Waals surface area contributed by atoms with E-state index in [4.69, 9.17) is 17.4 Å². The second-order valence-electron chi connectivity index (χ2n) is 5.00. The molecule has 4 nitrogen and oxygen atoms in total. The molecule has 3 N–H and O–H groups in total.